The van der Waals surface area contributed by atoms with Crippen molar-refractivity contribution in [3.8, 4) is 6.07 Å². The number of hydrogen-bond acceptors (Lipinski definition) is 2. The average molecular weight is 296 g/mol. The molecule has 21 heavy (non-hydrogen) atoms. The number of nitrogens with one attached hydrogen (secondary N) is 1. The summed E-state index contributed by atoms with van der Waals surface area (Å²) in [6.07, 6.45) is -2.72. The molecule has 1 aromatic rings. The number of halogens is 3. The van der Waals surface area contributed by atoms with Crippen molar-refractivity contribution in [3.63, 3.8) is 0 Å². The van der Waals surface area contributed by atoms with Gasteiger partial charge in [0.25, 0.3) is 5.91 Å². The number of alkyl halides is 3. The molecule has 1 aromatic carbocycles. The molecule has 0 bridgehead atoms. The van der Waals surface area contributed by atoms with Crippen molar-refractivity contribution < 1.29 is 18.0 Å². The quantitative estimate of drug-likeness (QED) is 0.909. The van der Waals surface area contributed by atoms with Crippen LogP contribution >= 0.6 is 0 Å². The zero-order valence-electron chi connectivity index (χ0n) is 11.3. The maximum Gasteiger partial charge on any atom is 0.393 e. The molecular formula is C15H15F3N2O. The van der Waals surface area contributed by atoms with Crippen LogP contribution in [-0.4, -0.2) is 18.1 Å². The van der Waals surface area contributed by atoms with E-state index in [2.05, 4.69) is 5.32 Å². The molecule has 0 saturated heterocycles. The lowest BCUT2D eigenvalue weighted by atomic mass is 9.84. The summed E-state index contributed by atoms with van der Waals surface area (Å²) in [6, 6.07) is 6.95. The third-order valence-electron chi connectivity index (χ3n) is 3.76. The Labute approximate surface area is 120 Å². The highest BCUT2D eigenvalue weighted by molar-refractivity contribution is 5.94. The topological polar surface area (TPSA) is 52.9 Å². The number of amides is 1. The first-order chi connectivity index (χ1) is 9.91. The average Bonchev–Trinajstić information content (AvgIpc) is 2.46. The Morgan fingerprint density at radius 3 is 2.67 bits per heavy atom. The number of nitrogens with zero attached hydrogens (tertiary/aromatic N) is 1. The summed E-state index contributed by atoms with van der Waals surface area (Å²) in [7, 11) is 0. The first-order valence-electron chi connectivity index (χ1n) is 6.79. The number of nitriles is 1. The molecule has 1 fully saturated rings. The van der Waals surface area contributed by atoms with Gasteiger partial charge in [0.05, 0.1) is 17.6 Å². The van der Waals surface area contributed by atoms with Crippen LogP contribution in [0.2, 0.25) is 0 Å². The minimum atomic E-state index is -4.30. The largest absolute Gasteiger partial charge is 0.393 e. The second-order valence-corrected chi connectivity index (χ2v) is 5.21. The van der Waals surface area contributed by atoms with E-state index in [-0.39, 0.29) is 12.0 Å². The van der Waals surface area contributed by atoms with Crippen LogP contribution in [0.5, 0.6) is 0 Å². The molecule has 0 radical (unpaired) electrons. The number of carbonyl (C=O) groups excluding carboxylic acids is 1. The van der Waals surface area contributed by atoms with E-state index in [0.29, 0.717) is 24.8 Å². The van der Waals surface area contributed by atoms with Crippen molar-refractivity contribution in [2.45, 2.75) is 37.9 Å². The minimum absolute atomic E-state index is 0.0483. The third-order valence-corrected chi connectivity index (χ3v) is 3.76. The molecule has 2 atom stereocenters. The van der Waals surface area contributed by atoms with Crippen LogP contribution in [0.1, 0.15) is 41.6 Å². The molecule has 6 heteroatoms. The van der Waals surface area contributed by atoms with E-state index in [4.69, 9.17) is 5.26 Å². The Bertz CT molecular complexity index is 563. The lowest BCUT2D eigenvalue weighted by Crippen LogP contribution is -2.47. The molecule has 1 saturated carbocycles. The van der Waals surface area contributed by atoms with Crippen LogP contribution in [-0.2, 0) is 0 Å². The van der Waals surface area contributed by atoms with Crippen molar-refractivity contribution in [2.75, 3.05) is 0 Å². The number of hydrogen-bond donors (Lipinski definition) is 1. The molecule has 0 aromatic heterocycles. The van der Waals surface area contributed by atoms with Crippen LogP contribution < -0.4 is 5.32 Å². The van der Waals surface area contributed by atoms with Crippen molar-refractivity contribution in [1.82, 2.24) is 5.32 Å². The molecule has 0 heterocycles. The monoisotopic (exact) mass is 296 g/mol. The van der Waals surface area contributed by atoms with Gasteiger partial charge in [0.1, 0.15) is 0 Å². The predicted molar refractivity (Wildman–Crippen MR) is 70.4 cm³/mol. The lowest BCUT2D eigenvalue weighted by molar-refractivity contribution is -0.187. The van der Waals surface area contributed by atoms with Crippen molar-refractivity contribution >= 4 is 5.91 Å². The van der Waals surface area contributed by atoms with Crippen LogP contribution in [0.4, 0.5) is 13.2 Å². The number of carbonyl (C=O) groups is 1. The van der Waals surface area contributed by atoms with Crippen LogP contribution in [0.3, 0.4) is 0 Å². The summed E-state index contributed by atoms with van der Waals surface area (Å²) >= 11 is 0. The molecular weight excluding hydrogens is 281 g/mol. The molecule has 112 valence electrons. The third kappa shape index (κ3) is 3.75. The Balaban J connectivity index is 2.12. The summed E-state index contributed by atoms with van der Waals surface area (Å²) in [5, 5.41) is 11.3. The van der Waals surface area contributed by atoms with Gasteiger partial charge in [0.15, 0.2) is 0 Å². The maximum absolute atomic E-state index is 13.0. The van der Waals surface area contributed by atoms with E-state index in [0.717, 1.165) is 0 Å². The number of benzene rings is 1. The van der Waals surface area contributed by atoms with Crippen LogP contribution in [0.15, 0.2) is 24.3 Å². The van der Waals surface area contributed by atoms with Gasteiger partial charge in [-0.2, -0.15) is 18.4 Å². The van der Waals surface area contributed by atoms with Crippen LogP contribution in [0.25, 0.3) is 0 Å². The van der Waals surface area contributed by atoms with E-state index >= 15 is 0 Å². The molecule has 1 aliphatic rings. The summed E-state index contributed by atoms with van der Waals surface area (Å²) in [6.45, 7) is 0. The SMILES string of the molecule is N#Cc1cccc(C(=O)N[C@H]2CCCC[C@H]2C(F)(F)F)c1. The lowest BCUT2D eigenvalue weighted by Gasteiger charge is -2.33. The molecule has 0 unspecified atom stereocenters. The van der Waals surface area contributed by atoms with E-state index < -0.39 is 24.0 Å². The van der Waals surface area contributed by atoms with Crippen molar-refractivity contribution in [2.24, 2.45) is 5.92 Å². The Morgan fingerprint density at radius 2 is 2.00 bits per heavy atom. The van der Waals surface area contributed by atoms with Gasteiger partial charge in [-0.3, -0.25) is 4.79 Å². The van der Waals surface area contributed by atoms with Crippen molar-refractivity contribution in [1.29, 1.82) is 5.26 Å². The van der Waals surface area contributed by atoms with E-state index in [1.807, 2.05) is 6.07 Å². The van der Waals surface area contributed by atoms with Gasteiger partial charge in [-0.1, -0.05) is 18.9 Å². The van der Waals surface area contributed by atoms with Gasteiger partial charge in [-0.05, 0) is 31.0 Å². The maximum atomic E-state index is 13.0. The normalized spacial score (nSPS) is 22.4. The van der Waals surface area contributed by atoms with E-state index in [1.165, 1.54) is 24.3 Å². The van der Waals surface area contributed by atoms with E-state index in [1.54, 1.807) is 0 Å². The Kier molecular flexibility index (Phi) is 4.51. The summed E-state index contributed by atoms with van der Waals surface area (Å²) < 4.78 is 38.9. The predicted octanol–water partition coefficient (Wildman–Crippen LogP) is 3.41. The molecule has 1 aliphatic carbocycles. The zero-order valence-corrected chi connectivity index (χ0v) is 11.3. The summed E-state index contributed by atoms with van der Waals surface area (Å²) in [5.41, 5.74) is 0.513. The van der Waals surface area contributed by atoms with E-state index in [9.17, 15) is 18.0 Å². The summed E-state index contributed by atoms with van der Waals surface area (Å²) in [5.74, 6) is -2.05. The standard InChI is InChI=1S/C15H15F3N2O/c16-15(17,18)12-6-1-2-7-13(12)20-14(21)11-5-3-4-10(8-11)9-19/h3-5,8,12-13H,1-2,6-7H2,(H,20,21)/t12-,13+/m1/s1. The molecule has 1 N–H and O–H groups in total. The highest BCUT2D eigenvalue weighted by Crippen LogP contribution is 2.37. The molecule has 2 rings (SSSR count). The highest BCUT2D eigenvalue weighted by atomic mass is 19.4. The molecule has 0 aliphatic heterocycles. The van der Waals surface area contributed by atoms with Gasteiger partial charge in [-0.15, -0.1) is 0 Å². The molecule has 1 amide bonds. The fourth-order valence-corrected chi connectivity index (χ4v) is 2.68. The second kappa shape index (κ2) is 6.17. The minimum Gasteiger partial charge on any atom is -0.349 e. The van der Waals surface area contributed by atoms with Gasteiger partial charge in [0, 0.05) is 11.6 Å². The van der Waals surface area contributed by atoms with Gasteiger partial charge >= 0.3 is 6.18 Å². The first kappa shape index (κ1) is 15.4. The van der Waals surface area contributed by atoms with Crippen molar-refractivity contribution in [3.05, 3.63) is 35.4 Å². The Morgan fingerprint density at radius 1 is 1.29 bits per heavy atom. The first-order valence-corrected chi connectivity index (χ1v) is 6.79. The summed E-state index contributed by atoms with van der Waals surface area (Å²) in [4.78, 5) is 12.1. The zero-order chi connectivity index (χ0) is 15.5. The second-order valence-electron chi connectivity index (χ2n) is 5.21. The number of rotatable bonds is 2. The highest BCUT2D eigenvalue weighted by Gasteiger charge is 2.45. The Hall–Kier alpha value is -2.03. The van der Waals surface area contributed by atoms with Gasteiger partial charge < -0.3 is 5.32 Å². The smallest absolute Gasteiger partial charge is 0.349 e. The van der Waals surface area contributed by atoms with Gasteiger partial charge in [-0.25, -0.2) is 0 Å². The fourth-order valence-electron chi connectivity index (χ4n) is 2.68. The van der Waals surface area contributed by atoms with Crippen LogP contribution in [0, 0.1) is 17.2 Å². The fraction of sp³-hybridized carbons (Fsp3) is 0.467. The molecule has 0 spiro atoms. The molecule has 3 nitrogen and oxygen atoms in total. The van der Waals surface area contributed by atoms with Gasteiger partial charge in [0.2, 0.25) is 0 Å².